The molecule has 0 aromatic carbocycles. The average Bonchev–Trinajstić information content (AvgIpc) is 2.93. The lowest BCUT2D eigenvalue weighted by molar-refractivity contribution is 0.0578. The van der Waals surface area contributed by atoms with Gasteiger partial charge in [-0.05, 0) is 31.7 Å². The molecule has 1 amide bonds. The molecule has 116 valence electrons. The van der Waals surface area contributed by atoms with Gasteiger partial charge in [-0.15, -0.1) is 0 Å². The van der Waals surface area contributed by atoms with E-state index in [1.807, 2.05) is 28.9 Å². The Morgan fingerprint density at radius 1 is 1.36 bits per heavy atom. The molecule has 1 aliphatic rings. The van der Waals surface area contributed by atoms with Crippen LogP contribution in [0.4, 0.5) is 5.82 Å². The summed E-state index contributed by atoms with van der Waals surface area (Å²) in [6, 6.07) is 0.113. The number of piperidine rings is 1. The number of carbonyl (C=O) groups is 1. The molecule has 1 atom stereocenters. The van der Waals surface area contributed by atoms with Crippen molar-refractivity contribution in [1.29, 1.82) is 0 Å². The maximum Gasteiger partial charge on any atom is 0.276 e. The number of hydrogen-bond donors (Lipinski definition) is 1. The second-order valence-corrected chi connectivity index (χ2v) is 5.68. The minimum absolute atomic E-state index is 0.113. The predicted molar refractivity (Wildman–Crippen MR) is 82.1 cm³/mol. The molecule has 2 aromatic rings. The number of amides is 1. The van der Waals surface area contributed by atoms with E-state index in [4.69, 9.17) is 5.73 Å². The van der Waals surface area contributed by atoms with E-state index >= 15 is 0 Å². The number of anilines is 1. The number of hydrogen-bond acceptors (Lipinski definition) is 5. The van der Waals surface area contributed by atoms with Crippen molar-refractivity contribution >= 4 is 11.7 Å². The van der Waals surface area contributed by atoms with E-state index in [1.54, 1.807) is 0 Å². The predicted octanol–water partition coefficient (Wildman–Crippen LogP) is 1.26. The number of carbonyl (C=O) groups excluding carboxylic acids is 1. The van der Waals surface area contributed by atoms with Gasteiger partial charge in [0.25, 0.3) is 5.91 Å². The third-order valence-corrected chi connectivity index (χ3v) is 3.98. The molecular weight excluding hydrogens is 280 g/mol. The molecule has 0 aliphatic carbocycles. The topological polar surface area (TPSA) is 89.9 Å². The van der Waals surface area contributed by atoms with Gasteiger partial charge in [-0.2, -0.15) is 5.10 Å². The highest BCUT2D eigenvalue weighted by Gasteiger charge is 2.29. The number of rotatable bonds is 3. The summed E-state index contributed by atoms with van der Waals surface area (Å²) >= 11 is 0. The van der Waals surface area contributed by atoms with E-state index in [9.17, 15) is 4.79 Å². The van der Waals surface area contributed by atoms with Gasteiger partial charge in [-0.1, -0.05) is 0 Å². The van der Waals surface area contributed by atoms with E-state index in [2.05, 4.69) is 15.1 Å². The Balaban J connectivity index is 1.80. The summed E-state index contributed by atoms with van der Waals surface area (Å²) in [5.41, 5.74) is 7.15. The molecule has 2 N–H and O–H groups in total. The fraction of sp³-hybridized carbons (Fsp3) is 0.467. The van der Waals surface area contributed by atoms with Crippen LogP contribution in [0.3, 0.4) is 0 Å². The number of nitrogen functional groups attached to an aromatic ring is 1. The number of aryl methyl sites for hydroxylation is 1. The molecular formula is C15H20N6O. The average molecular weight is 300 g/mol. The van der Waals surface area contributed by atoms with Crippen molar-refractivity contribution in [2.45, 2.75) is 38.8 Å². The van der Waals surface area contributed by atoms with E-state index in [0.29, 0.717) is 6.54 Å². The SMILES string of the molecule is Cc1cnn(CC2CCCCN2C(=O)c2nccnc2N)c1. The molecule has 1 unspecified atom stereocenters. The maximum absolute atomic E-state index is 12.7. The van der Waals surface area contributed by atoms with Crippen molar-refractivity contribution in [1.82, 2.24) is 24.6 Å². The first kappa shape index (κ1) is 14.5. The highest BCUT2D eigenvalue weighted by molar-refractivity contribution is 5.96. The Bertz CT molecular complexity index is 668. The zero-order valence-electron chi connectivity index (χ0n) is 12.6. The molecule has 0 radical (unpaired) electrons. The molecule has 2 aromatic heterocycles. The lowest BCUT2D eigenvalue weighted by Crippen LogP contribution is -2.46. The van der Waals surface area contributed by atoms with Gasteiger partial charge in [-0.25, -0.2) is 9.97 Å². The minimum Gasteiger partial charge on any atom is -0.382 e. The molecule has 1 fully saturated rings. The quantitative estimate of drug-likeness (QED) is 0.921. The smallest absolute Gasteiger partial charge is 0.276 e. The fourth-order valence-electron chi connectivity index (χ4n) is 2.89. The second kappa shape index (κ2) is 6.13. The molecule has 7 heteroatoms. The lowest BCUT2D eigenvalue weighted by Gasteiger charge is -2.35. The van der Waals surface area contributed by atoms with Crippen LogP contribution in [0.5, 0.6) is 0 Å². The molecule has 0 saturated carbocycles. The summed E-state index contributed by atoms with van der Waals surface area (Å²) in [6.45, 7) is 3.42. The molecule has 22 heavy (non-hydrogen) atoms. The Kier molecular flexibility index (Phi) is 4.04. The minimum atomic E-state index is -0.140. The van der Waals surface area contributed by atoms with Crippen LogP contribution >= 0.6 is 0 Å². The van der Waals surface area contributed by atoms with E-state index < -0.39 is 0 Å². The molecule has 3 rings (SSSR count). The number of nitrogens with two attached hydrogens (primary N) is 1. The van der Waals surface area contributed by atoms with Gasteiger partial charge in [-0.3, -0.25) is 9.48 Å². The molecule has 3 heterocycles. The van der Waals surface area contributed by atoms with Crippen molar-refractivity contribution in [3.05, 3.63) is 36.0 Å². The van der Waals surface area contributed by atoms with Crippen LogP contribution in [-0.2, 0) is 6.54 Å². The first-order valence-corrected chi connectivity index (χ1v) is 7.51. The highest BCUT2D eigenvalue weighted by Crippen LogP contribution is 2.21. The number of nitrogens with zero attached hydrogens (tertiary/aromatic N) is 5. The van der Waals surface area contributed by atoms with Gasteiger partial charge in [0.2, 0.25) is 0 Å². The van der Waals surface area contributed by atoms with E-state index in [-0.39, 0.29) is 23.5 Å². The van der Waals surface area contributed by atoms with E-state index in [1.165, 1.54) is 12.4 Å². The Labute approximate surface area is 129 Å². The van der Waals surface area contributed by atoms with Crippen LogP contribution < -0.4 is 5.73 Å². The van der Waals surface area contributed by atoms with Crippen LogP contribution in [0.25, 0.3) is 0 Å². The Hall–Kier alpha value is -2.44. The first-order chi connectivity index (χ1) is 10.6. The molecule has 7 nitrogen and oxygen atoms in total. The molecule has 0 spiro atoms. The van der Waals surface area contributed by atoms with Gasteiger partial charge < -0.3 is 10.6 Å². The standard InChI is InChI=1S/C15H20N6O/c1-11-8-19-20(9-11)10-12-4-2-3-7-21(12)15(22)13-14(16)18-6-5-17-13/h5-6,8-9,12H,2-4,7,10H2,1H3,(H2,16,18). The maximum atomic E-state index is 12.7. The molecule has 0 bridgehead atoms. The third kappa shape index (κ3) is 2.93. The summed E-state index contributed by atoms with van der Waals surface area (Å²) in [5, 5.41) is 4.32. The van der Waals surface area contributed by atoms with Crippen molar-refractivity contribution in [2.75, 3.05) is 12.3 Å². The molecule has 1 saturated heterocycles. The van der Waals surface area contributed by atoms with Crippen LogP contribution in [0.15, 0.2) is 24.8 Å². The largest absolute Gasteiger partial charge is 0.382 e. The van der Waals surface area contributed by atoms with Crippen molar-refractivity contribution in [3.63, 3.8) is 0 Å². The molecule has 1 aliphatic heterocycles. The fourth-order valence-corrected chi connectivity index (χ4v) is 2.89. The van der Waals surface area contributed by atoms with Crippen LogP contribution in [-0.4, -0.2) is 43.1 Å². The Morgan fingerprint density at radius 2 is 2.18 bits per heavy atom. The number of aromatic nitrogens is 4. The Morgan fingerprint density at radius 3 is 2.91 bits per heavy atom. The summed E-state index contributed by atoms with van der Waals surface area (Å²) in [7, 11) is 0. The monoisotopic (exact) mass is 300 g/mol. The zero-order chi connectivity index (χ0) is 15.5. The van der Waals surface area contributed by atoms with Gasteiger partial charge in [0.15, 0.2) is 11.5 Å². The van der Waals surface area contributed by atoms with Gasteiger partial charge in [0, 0.05) is 25.1 Å². The van der Waals surface area contributed by atoms with Gasteiger partial charge >= 0.3 is 0 Å². The van der Waals surface area contributed by atoms with Crippen molar-refractivity contribution in [3.8, 4) is 0 Å². The van der Waals surface area contributed by atoms with Crippen LogP contribution in [0, 0.1) is 6.92 Å². The van der Waals surface area contributed by atoms with Gasteiger partial charge in [0.1, 0.15) is 0 Å². The van der Waals surface area contributed by atoms with E-state index in [0.717, 1.165) is 31.4 Å². The third-order valence-electron chi connectivity index (χ3n) is 3.98. The zero-order valence-corrected chi connectivity index (χ0v) is 12.6. The second-order valence-electron chi connectivity index (χ2n) is 5.68. The highest BCUT2D eigenvalue weighted by atomic mass is 16.2. The van der Waals surface area contributed by atoms with Crippen LogP contribution in [0.2, 0.25) is 0 Å². The first-order valence-electron chi connectivity index (χ1n) is 7.51. The summed E-state index contributed by atoms with van der Waals surface area (Å²) in [5.74, 6) is 0.0472. The van der Waals surface area contributed by atoms with Crippen LogP contribution in [0.1, 0.15) is 35.3 Å². The van der Waals surface area contributed by atoms with Crippen molar-refractivity contribution in [2.24, 2.45) is 0 Å². The summed E-state index contributed by atoms with van der Waals surface area (Å²) in [4.78, 5) is 22.7. The van der Waals surface area contributed by atoms with Crippen molar-refractivity contribution < 1.29 is 4.79 Å². The van der Waals surface area contributed by atoms with Gasteiger partial charge in [0.05, 0.1) is 18.8 Å². The summed E-state index contributed by atoms with van der Waals surface area (Å²) < 4.78 is 1.89. The lowest BCUT2D eigenvalue weighted by atomic mass is 10.0. The number of likely N-dealkylation sites (tertiary alicyclic amines) is 1. The summed E-state index contributed by atoms with van der Waals surface area (Å²) in [6.07, 6.45) is 9.89. The normalized spacial score (nSPS) is 18.4.